The van der Waals surface area contributed by atoms with Crippen molar-refractivity contribution in [3.8, 4) is 0 Å². The van der Waals surface area contributed by atoms with E-state index < -0.39 is 0 Å². The molecule has 2 atom stereocenters. The monoisotopic (exact) mass is 307 g/mol. The Labute approximate surface area is 128 Å². The molecule has 0 saturated carbocycles. The second-order valence-corrected chi connectivity index (χ2v) is 6.55. The fourth-order valence-electron chi connectivity index (χ4n) is 2.64. The summed E-state index contributed by atoms with van der Waals surface area (Å²) in [6.07, 6.45) is 5.81. The summed E-state index contributed by atoms with van der Waals surface area (Å²) in [5.41, 5.74) is 1.32. The van der Waals surface area contributed by atoms with E-state index in [0.717, 1.165) is 29.4 Å². The zero-order valence-corrected chi connectivity index (χ0v) is 13.0. The average molecular weight is 308 g/mol. The Balaban J connectivity index is 1.83. The molecule has 3 nitrogen and oxygen atoms in total. The van der Waals surface area contributed by atoms with E-state index in [1.807, 2.05) is 24.0 Å². The molecule has 0 bridgehead atoms. The van der Waals surface area contributed by atoms with Crippen molar-refractivity contribution in [2.45, 2.75) is 36.7 Å². The van der Waals surface area contributed by atoms with Gasteiger partial charge in [-0.25, -0.2) is 4.98 Å². The Morgan fingerprint density at radius 1 is 1.55 bits per heavy atom. The number of aromatic nitrogens is 2. The van der Waals surface area contributed by atoms with E-state index in [1.165, 1.54) is 10.5 Å². The number of fused-ring (bicyclic) bond motifs is 1. The quantitative estimate of drug-likeness (QED) is 0.882. The van der Waals surface area contributed by atoms with Gasteiger partial charge in [0.2, 0.25) is 0 Å². The lowest BCUT2D eigenvalue weighted by atomic mass is 10.0. The maximum Gasteiger partial charge on any atom is 0.123 e. The average Bonchev–Trinajstić information content (AvgIpc) is 2.99. The van der Waals surface area contributed by atoms with Gasteiger partial charge in [0.15, 0.2) is 0 Å². The predicted octanol–water partition coefficient (Wildman–Crippen LogP) is 4.34. The fourth-order valence-corrected chi connectivity index (χ4v) is 3.93. The third kappa shape index (κ3) is 2.87. The number of hydrogen-bond donors (Lipinski definition) is 2. The van der Waals surface area contributed by atoms with Gasteiger partial charge in [0, 0.05) is 28.4 Å². The molecule has 0 radical (unpaired) electrons. The normalized spacial score (nSPS) is 19.6. The Hall–Kier alpha value is -0.970. The van der Waals surface area contributed by atoms with Gasteiger partial charge in [-0.15, -0.1) is 11.8 Å². The van der Waals surface area contributed by atoms with E-state index in [-0.39, 0.29) is 6.04 Å². The van der Waals surface area contributed by atoms with Gasteiger partial charge in [-0.1, -0.05) is 18.5 Å². The van der Waals surface area contributed by atoms with Crippen LogP contribution in [-0.4, -0.2) is 15.7 Å². The van der Waals surface area contributed by atoms with E-state index >= 15 is 0 Å². The smallest absolute Gasteiger partial charge is 0.123 e. The number of nitrogens with zero attached hydrogens (tertiary/aromatic N) is 1. The van der Waals surface area contributed by atoms with E-state index in [4.69, 9.17) is 11.6 Å². The molecule has 20 heavy (non-hydrogen) atoms. The number of imidazole rings is 1. The van der Waals surface area contributed by atoms with Gasteiger partial charge < -0.3 is 10.3 Å². The van der Waals surface area contributed by atoms with Crippen LogP contribution in [0.3, 0.4) is 0 Å². The molecule has 0 spiro atoms. The third-order valence-corrected chi connectivity index (χ3v) is 5.03. The third-order valence-electron chi connectivity index (χ3n) is 3.67. The summed E-state index contributed by atoms with van der Waals surface area (Å²) in [6.45, 7) is 2.18. The van der Waals surface area contributed by atoms with Crippen LogP contribution in [0.4, 0.5) is 0 Å². The fraction of sp³-hybridized carbons (Fsp3) is 0.400. The van der Waals surface area contributed by atoms with Crippen molar-refractivity contribution in [3.05, 3.63) is 47.0 Å². The van der Waals surface area contributed by atoms with Gasteiger partial charge in [-0.05, 0) is 42.4 Å². The highest BCUT2D eigenvalue weighted by Gasteiger charge is 2.24. The lowest BCUT2D eigenvalue weighted by Crippen LogP contribution is -2.29. The topological polar surface area (TPSA) is 40.7 Å². The molecule has 1 aromatic heterocycles. The Kier molecular flexibility index (Phi) is 4.34. The summed E-state index contributed by atoms with van der Waals surface area (Å²) >= 11 is 8.07. The van der Waals surface area contributed by atoms with Crippen molar-refractivity contribution in [1.29, 1.82) is 0 Å². The molecule has 0 saturated heterocycles. The molecule has 0 aliphatic carbocycles. The summed E-state index contributed by atoms with van der Waals surface area (Å²) in [6, 6.07) is 6.80. The maximum absolute atomic E-state index is 6.16. The molecule has 5 heteroatoms. The van der Waals surface area contributed by atoms with Crippen molar-refractivity contribution < 1.29 is 0 Å². The highest BCUT2D eigenvalue weighted by atomic mass is 35.5. The van der Waals surface area contributed by atoms with Crippen LogP contribution in [0.25, 0.3) is 0 Å². The number of hydrogen-bond acceptors (Lipinski definition) is 3. The van der Waals surface area contributed by atoms with Gasteiger partial charge in [0.1, 0.15) is 5.82 Å². The first-order valence-electron chi connectivity index (χ1n) is 6.95. The highest BCUT2D eigenvalue weighted by molar-refractivity contribution is 7.99. The largest absolute Gasteiger partial charge is 0.347 e. The van der Waals surface area contributed by atoms with Crippen LogP contribution in [0, 0.1) is 0 Å². The zero-order chi connectivity index (χ0) is 13.9. The van der Waals surface area contributed by atoms with E-state index in [0.29, 0.717) is 6.04 Å². The first-order valence-corrected chi connectivity index (χ1v) is 8.32. The van der Waals surface area contributed by atoms with Gasteiger partial charge in [0.25, 0.3) is 0 Å². The van der Waals surface area contributed by atoms with E-state index in [9.17, 15) is 0 Å². The Bertz CT molecular complexity index is 571. The number of thioether (sulfide) groups is 1. The molecule has 1 aromatic carbocycles. The summed E-state index contributed by atoms with van der Waals surface area (Å²) in [7, 11) is 0. The minimum Gasteiger partial charge on any atom is -0.347 e. The SMILES string of the molecule is CCC(NC1CCSc2ccc(Cl)cc21)c1ncc[nH]1. The molecular formula is C15H18ClN3S. The number of halogens is 1. The molecule has 3 rings (SSSR count). The summed E-state index contributed by atoms with van der Waals surface area (Å²) in [5.74, 6) is 2.15. The van der Waals surface area contributed by atoms with Crippen LogP contribution in [0.5, 0.6) is 0 Å². The number of benzene rings is 1. The van der Waals surface area contributed by atoms with Crippen molar-refractivity contribution in [2.24, 2.45) is 0 Å². The molecule has 2 heterocycles. The molecule has 2 unspecified atom stereocenters. The molecule has 106 valence electrons. The molecule has 1 aliphatic rings. The van der Waals surface area contributed by atoms with Crippen LogP contribution in [0.15, 0.2) is 35.5 Å². The Morgan fingerprint density at radius 3 is 3.20 bits per heavy atom. The van der Waals surface area contributed by atoms with Crippen molar-refractivity contribution in [3.63, 3.8) is 0 Å². The van der Waals surface area contributed by atoms with Crippen LogP contribution in [0.1, 0.15) is 43.2 Å². The second kappa shape index (κ2) is 6.20. The lowest BCUT2D eigenvalue weighted by molar-refractivity contribution is 0.409. The minimum absolute atomic E-state index is 0.255. The Morgan fingerprint density at radius 2 is 2.45 bits per heavy atom. The van der Waals surface area contributed by atoms with E-state index in [2.05, 4.69) is 34.3 Å². The first kappa shape index (κ1) is 14.0. The highest BCUT2D eigenvalue weighted by Crippen LogP contribution is 2.38. The molecule has 2 aromatic rings. The van der Waals surface area contributed by atoms with Gasteiger partial charge in [0.05, 0.1) is 6.04 Å². The molecule has 2 N–H and O–H groups in total. The number of aromatic amines is 1. The zero-order valence-electron chi connectivity index (χ0n) is 11.4. The minimum atomic E-state index is 0.255. The molecule has 0 amide bonds. The predicted molar refractivity (Wildman–Crippen MR) is 84.3 cm³/mol. The number of rotatable bonds is 4. The van der Waals surface area contributed by atoms with Crippen LogP contribution < -0.4 is 5.32 Å². The van der Waals surface area contributed by atoms with Gasteiger partial charge >= 0.3 is 0 Å². The standard InChI is InChI=1S/C15H18ClN3S/c1-2-12(15-17-6-7-18-15)19-13-5-8-20-14-4-3-10(16)9-11(13)14/h3-4,6-7,9,12-13,19H,2,5,8H2,1H3,(H,17,18). The van der Waals surface area contributed by atoms with Crippen LogP contribution >= 0.6 is 23.4 Å². The lowest BCUT2D eigenvalue weighted by Gasteiger charge is -2.29. The van der Waals surface area contributed by atoms with Crippen molar-refractivity contribution >= 4 is 23.4 Å². The van der Waals surface area contributed by atoms with Crippen molar-refractivity contribution in [2.75, 3.05) is 5.75 Å². The second-order valence-electron chi connectivity index (χ2n) is 4.97. The van der Waals surface area contributed by atoms with Crippen molar-refractivity contribution in [1.82, 2.24) is 15.3 Å². The van der Waals surface area contributed by atoms with Crippen LogP contribution in [-0.2, 0) is 0 Å². The first-order chi connectivity index (χ1) is 9.78. The molecule has 1 aliphatic heterocycles. The number of H-pyrrole nitrogens is 1. The molecular weight excluding hydrogens is 290 g/mol. The van der Waals surface area contributed by atoms with Gasteiger partial charge in [-0.3, -0.25) is 0 Å². The molecule has 0 fully saturated rings. The number of nitrogens with one attached hydrogen (secondary N) is 2. The van der Waals surface area contributed by atoms with Crippen LogP contribution in [0.2, 0.25) is 5.02 Å². The summed E-state index contributed by atoms with van der Waals surface area (Å²) < 4.78 is 0. The summed E-state index contributed by atoms with van der Waals surface area (Å²) in [5, 5.41) is 4.54. The maximum atomic E-state index is 6.16. The van der Waals surface area contributed by atoms with E-state index in [1.54, 1.807) is 6.20 Å². The van der Waals surface area contributed by atoms with Gasteiger partial charge in [-0.2, -0.15) is 0 Å². The summed E-state index contributed by atoms with van der Waals surface area (Å²) in [4.78, 5) is 8.93.